The van der Waals surface area contributed by atoms with E-state index in [9.17, 15) is 4.79 Å². The Hall–Kier alpha value is -3.48. The van der Waals surface area contributed by atoms with E-state index < -0.39 is 6.09 Å². The summed E-state index contributed by atoms with van der Waals surface area (Å²) in [5.74, 6) is 1.15. The number of nitrogens with two attached hydrogens (primary N) is 1. The fourth-order valence-corrected chi connectivity index (χ4v) is 3.78. The Labute approximate surface area is 215 Å². The van der Waals surface area contributed by atoms with Crippen molar-refractivity contribution in [3.05, 3.63) is 65.9 Å². The minimum Gasteiger partial charge on any atom is -0.491 e. The van der Waals surface area contributed by atoms with Crippen LogP contribution in [0.5, 0.6) is 5.75 Å². The van der Waals surface area contributed by atoms with Gasteiger partial charge in [0, 0.05) is 23.2 Å². The lowest BCUT2D eigenvalue weighted by Gasteiger charge is -2.16. The highest BCUT2D eigenvalue weighted by atomic mass is 16.5. The van der Waals surface area contributed by atoms with Crippen LogP contribution in [0, 0.1) is 0 Å². The van der Waals surface area contributed by atoms with Gasteiger partial charge in [0.1, 0.15) is 23.9 Å². The highest BCUT2D eigenvalue weighted by Crippen LogP contribution is 2.31. The van der Waals surface area contributed by atoms with Gasteiger partial charge in [-0.05, 0) is 24.1 Å². The van der Waals surface area contributed by atoms with Crippen molar-refractivity contribution in [1.29, 1.82) is 0 Å². The second kappa shape index (κ2) is 13.0. The van der Waals surface area contributed by atoms with Crippen LogP contribution in [0.1, 0.15) is 77.5 Å². The second-order valence-corrected chi connectivity index (χ2v) is 10.1. The lowest BCUT2D eigenvalue weighted by Crippen LogP contribution is -2.15. The van der Waals surface area contributed by atoms with Gasteiger partial charge in [-0.3, -0.25) is 5.32 Å². The zero-order valence-electron chi connectivity index (χ0n) is 22.0. The van der Waals surface area contributed by atoms with Crippen molar-refractivity contribution in [2.45, 2.75) is 78.2 Å². The number of aromatic nitrogens is 2. The molecule has 0 atom stereocenters. The van der Waals surface area contributed by atoms with E-state index >= 15 is 0 Å². The Kier molecular flexibility index (Phi) is 9.79. The van der Waals surface area contributed by atoms with Crippen molar-refractivity contribution in [1.82, 2.24) is 9.78 Å². The van der Waals surface area contributed by atoms with Crippen LogP contribution in [0.4, 0.5) is 16.3 Å². The molecule has 0 unspecified atom stereocenters. The number of amides is 1. The quantitative estimate of drug-likeness (QED) is 0.260. The molecule has 0 aliphatic heterocycles. The maximum absolute atomic E-state index is 12.4. The number of carbonyl (C=O) groups excluding carboxylic acids is 1. The number of nitrogens with one attached hydrogen (secondary N) is 1. The summed E-state index contributed by atoms with van der Waals surface area (Å²) in [4.78, 5) is 12.4. The van der Waals surface area contributed by atoms with Crippen molar-refractivity contribution in [3.8, 4) is 11.4 Å². The topological polar surface area (TPSA) is 91.4 Å². The molecular weight excluding hydrogens is 452 g/mol. The van der Waals surface area contributed by atoms with Gasteiger partial charge < -0.3 is 15.2 Å². The van der Waals surface area contributed by atoms with Crippen molar-refractivity contribution in [2.24, 2.45) is 0 Å². The highest BCUT2D eigenvalue weighted by molar-refractivity contribution is 5.85. The first-order valence-electron chi connectivity index (χ1n) is 12.9. The third kappa shape index (κ3) is 8.04. The zero-order chi connectivity index (χ0) is 26.0. The van der Waals surface area contributed by atoms with E-state index in [2.05, 4.69) is 33.0 Å². The largest absolute Gasteiger partial charge is 0.491 e. The van der Waals surface area contributed by atoms with Crippen molar-refractivity contribution in [3.63, 3.8) is 0 Å². The number of hydrogen-bond donors (Lipinski definition) is 2. The molecule has 0 aliphatic rings. The molecule has 0 spiro atoms. The number of rotatable bonds is 12. The maximum Gasteiger partial charge on any atom is 0.411 e. The van der Waals surface area contributed by atoms with E-state index in [0.717, 1.165) is 29.8 Å². The molecule has 3 N–H and O–H groups in total. The summed E-state index contributed by atoms with van der Waals surface area (Å²) in [6, 6.07) is 16.9. The van der Waals surface area contributed by atoms with Gasteiger partial charge in [0.2, 0.25) is 0 Å². The zero-order valence-corrected chi connectivity index (χ0v) is 22.0. The minimum absolute atomic E-state index is 0.136. The Balaban J connectivity index is 1.73. The molecule has 3 aromatic rings. The SMILES string of the molecule is CCCCCCCCOc1cc(NC(=O)OCc2ccccc2)ccc1-n1nc(C(C)(C)C)cc1N. The van der Waals surface area contributed by atoms with Crippen molar-refractivity contribution < 1.29 is 14.3 Å². The van der Waals surface area contributed by atoms with E-state index in [0.29, 0.717) is 23.9 Å². The molecule has 3 rings (SSSR count). The minimum atomic E-state index is -0.526. The molecule has 0 bridgehead atoms. The predicted molar refractivity (Wildman–Crippen MR) is 146 cm³/mol. The Bertz CT molecular complexity index is 1100. The Morgan fingerprint density at radius 1 is 1.00 bits per heavy atom. The highest BCUT2D eigenvalue weighted by Gasteiger charge is 2.21. The third-order valence-electron chi connectivity index (χ3n) is 5.91. The molecular formula is C29H40N4O3. The lowest BCUT2D eigenvalue weighted by atomic mass is 9.92. The van der Waals surface area contributed by atoms with Gasteiger partial charge in [-0.2, -0.15) is 5.10 Å². The van der Waals surface area contributed by atoms with Gasteiger partial charge >= 0.3 is 6.09 Å². The van der Waals surface area contributed by atoms with Crippen molar-refractivity contribution >= 4 is 17.6 Å². The number of anilines is 2. The number of nitrogens with zero attached hydrogens (tertiary/aromatic N) is 2. The molecule has 1 aromatic heterocycles. The van der Waals surface area contributed by atoms with Crippen LogP contribution in [-0.2, 0) is 16.8 Å². The van der Waals surface area contributed by atoms with Gasteiger partial charge in [0.25, 0.3) is 0 Å². The summed E-state index contributed by atoms with van der Waals surface area (Å²) >= 11 is 0. The van der Waals surface area contributed by atoms with Crippen molar-refractivity contribution in [2.75, 3.05) is 17.7 Å². The van der Waals surface area contributed by atoms with E-state index in [1.807, 2.05) is 42.5 Å². The maximum atomic E-state index is 12.4. The average Bonchev–Trinajstić information content (AvgIpc) is 3.25. The number of benzene rings is 2. The molecule has 1 amide bonds. The smallest absolute Gasteiger partial charge is 0.411 e. The Morgan fingerprint density at radius 2 is 1.72 bits per heavy atom. The van der Waals surface area contributed by atoms with Gasteiger partial charge in [-0.15, -0.1) is 0 Å². The molecule has 7 heteroatoms. The summed E-state index contributed by atoms with van der Waals surface area (Å²) in [5.41, 5.74) is 9.33. The molecule has 0 saturated heterocycles. The van der Waals surface area contributed by atoms with Crippen LogP contribution in [0.3, 0.4) is 0 Å². The number of ether oxygens (including phenoxy) is 2. The molecule has 0 aliphatic carbocycles. The number of unbranched alkanes of at least 4 members (excludes halogenated alkanes) is 5. The lowest BCUT2D eigenvalue weighted by molar-refractivity contribution is 0.155. The normalized spacial score (nSPS) is 11.3. The fraction of sp³-hybridized carbons (Fsp3) is 0.448. The van der Waals surface area contributed by atoms with Crippen LogP contribution in [0.15, 0.2) is 54.6 Å². The molecule has 0 radical (unpaired) electrons. The second-order valence-electron chi connectivity index (χ2n) is 10.1. The molecule has 0 saturated carbocycles. The molecule has 194 valence electrons. The molecule has 1 heterocycles. The monoisotopic (exact) mass is 492 g/mol. The van der Waals surface area contributed by atoms with E-state index in [4.69, 9.17) is 20.3 Å². The summed E-state index contributed by atoms with van der Waals surface area (Å²) in [6.45, 7) is 9.30. The Morgan fingerprint density at radius 3 is 2.42 bits per heavy atom. The number of hydrogen-bond acceptors (Lipinski definition) is 5. The van der Waals surface area contributed by atoms with Crippen LogP contribution < -0.4 is 15.8 Å². The first-order chi connectivity index (χ1) is 17.3. The first-order valence-corrected chi connectivity index (χ1v) is 12.9. The fourth-order valence-electron chi connectivity index (χ4n) is 3.78. The third-order valence-corrected chi connectivity index (χ3v) is 5.91. The summed E-state index contributed by atoms with van der Waals surface area (Å²) < 4.78 is 13.3. The predicted octanol–water partition coefficient (Wildman–Crippen LogP) is 7.24. The van der Waals surface area contributed by atoms with Gasteiger partial charge in [-0.25, -0.2) is 9.48 Å². The van der Waals surface area contributed by atoms with Gasteiger partial charge in [0.15, 0.2) is 0 Å². The van der Waals surface area contributed by atoms with E-state index in [-0.39, 0.29) is 12.0 Å². The number of nitrogen functional groups attached to an aromatic ring is 1. The molecule has 2 aromatic carbocycles. The summed E-state index contributed by atoms with van der Waals surface area (Å²) in [6.07, 6.45) is 6.52. The van der Waals surface area contributed by atoms with Crippen LogP contribution in [0.25, 0.3) is 5.69 Å². The van der Waals surface area contributed by atoms with Crippen LogP contribution in [0.2, 0.25) is 0 Å². The first kappa shape index (κ1) is 27.1. The summed E-state index contributed by atoms with van der Waals surface area (Å²) in [5, 5.41) is 7.54. The number of carbonyl (C=O) groups is 1. The standard InChI is InChI=1S/C29H40N4O3/c1-5-6-7-8-9-13-18-35-25-19-23(31-28(34)36-21-22-14-11-10-12-15-22)16-17-24(25)33-27(30)20-26(32-33)29(2,3)4/h10-12,14-17,19-20H,5-9,13,18,21,30H2,1-4H3,(H,31,34). The van der Waals surface area contributed by atoms with Crippen LogP contribution in [-0.4, -0.2) is 22.5 Å². The van der Waals surface area contributed by atoms with Gasteiger partial charge in [-0.1, -0.05) is 90.1 Å². The molecule has 0 fully saturated rings. The van der Waals surface area contributed by atoms with Gasteiger partial charge in [0.05, 0.1) is 12.3 Å². The summed E-state index contributed by atoms with van der Waals surface area (Å²) in [7, 11) is 0. The molecule has 36 heavy (non-hydrogen) atoms. The molecule has 7 nitrogen and oxygen atoms in total. The average molecular weight is 493 g/mol. The van der Waals surface area contributed by atoms with Crippen LogP contribution >= 0.6 is 0 Å². The van der Waals surface area contributed by atoms with E-state index in [1.165, 1.54) is 25.7 Å². The van der Waals surface area contributed by atoms with E-state index in [1.54, 1.807) is 16.8 Å².